The number of nitrogens with two attached hydrogens (primary N) is 1. The molecule has 1 saturated heterocycles. The summed E-state index contributed by atoms with van der Waals surface area (Å²) in [6.45, 7) is 4.89. The van der Waals surface area contributed by atoms with Gasteiger partial charge in [0.2, 0.25) is 18.2 Å². The van der Waals surface area contributed by atoms with E-state index in [9.17, 15) is 35.9 Å². The van der Waals surface area contributed by atoms with E-state index in [2.05, 4.69) is 17.2 Å². The second kappa shape index (κ2) is 21.5. The zero-order chi connectivity index (χ0) is 30.5. The highest BCUT2D eigenvalue weighted by atomic mass is 19.3. The van der Waals surface area contributed by atoms with Crippen molar-refractivity contribution in [1.82, 2.24) is 20.4 Å². The van der Waals surface area contributed by atoms with Gasteiger partial charge in [-0.2, -0.15) is 5.26 Å². The largest absolute Gasteiger partial charge is 0.390 e. The number of nitriles is 1. The minimum Gasteiger partial charge on any atom is -0.390 e. The molecule has 8 nitrogen and oxygen atoms in total. The molecule has 1 unspecified atom stereocenters. The third-order valence-electron chi connectivity index (χ3n) is 5.02. The van der Waals surface area contributed by atoms with Gasteiger partial charge in [0, 0.05) is 51.4 Å². The van der Waals surface area contributed by atoms with Gasteiger partial charge in [0.1, 0.15) is 12.4 Å². The van der Waals surface area contributed by atoms with Crippen LogP contribution in [0.2, 0.25) is 0 Å². The minimum atomic E-state index is -2.17. The molecule has 14 heteroatoms. The number of hydrogen-bond donors (Lipinski definition) is 3. The van der Waals surface area contributed by atoms with Crippen LogP contribution >= 0.6 is 0 Å². The van der Waals surface area contributed by atoms with Crippen LogP contribution in [0.4, 0.5) is 26.3 Å². The van der Waals surface area contributed by atoms with Crippen molar-refractivity contribution in [3.8, 4) is 6.07 Å². The Kier molecular flexibility index (Phi) is 20.7. The van der Waals surface area contributed by atoms with Gasteiger partial charge in [-0.25, -0.2) is 22.0 Å². The normalized spacial score (nSPS) is 15.7. The Morgan fingerprint density at radius 3 is 2.31 bits per heavy atom. The first-order valence-corrected chi connectivity index (χ1v) is 11.8. The average Bonchev–Trinajstić information content (AvgIpc) is 2.86. The molecule has 0 aliphatic carbocycles. The number of amides is 2. The Labute approximate surface area is 225 Å². The average molecular weight is 569 g/mol. The van der Waals surface area contributed by atoms with E-state index in [0.717, 1.165) is 18.7 Å². The van der Waals surface area contributed by atoms with Crippen LogP contribution in [0.25, 0.3) is 0 Å². The summed E-state index contributed by atoms with van der Waals surface area (Å²) in [7, 11) is 4.04. The number of nitrogens with one attached hydrogen (secondary N) is 2. The molecule has 0 aromatic rings. The summed E-state index contributed by atoms with van der Waals surface area (Å²) in [5.41, 5.74) is 7.41. The van der Waals surface area contributed by atoms with Crippen LogP contribution in [0.15, 0.2) is 47.6 Å². The van der Waals surface area contributed by atoms with Crippen molar-refractivity contribution in [1.29, 1.82) is 5.26 Å². The van der Waals surface area contributed by atoms with E-state index in [1.54, 1.807) is 11.9 Å². The fourth-order valence-corrected chi connectivity index (χ4v) is 3.20. The second-order valence-electron chi connectivity index (χ2n) is 8.08. The van der Waals surface area contributed by atoms with Crippen LogP contribution in [-0.2, 0) is 9.59 Å². The smallest absolute Gasteiger partial charge is 0.235 e. The Balaban J connectivity index is 0. The van der Waals surface area contributed by atoms with E-state index in [1.165, 1.54) is 0 Å². The molecule has 222 valence electrons. The van der Waals surface area contributed by atoms with Crippen LogP contribution in [0, 0.1) is 11.3 Å². The van der Waals surface area contributed by atoms with Gasteiger partial charge in [-0.15, -0.1) is 0 Å². The van der Waals surface area contributed by atoms with Crippen molar-refractivity contribution >= 4 is 11.8 Å². The van der Waals surface area contributed by atoms with Crippen LogP contribution in [-0.4, -0.2) is 81.5 Å². The number of carbonyl (C=O) groups excluding carboxylic acids is 2. The number of nitrogens with zero attached hydrogens (tertiary/aromatic N) is 3. The molecule has 1 aliphatic heterocycles. The number of hydrogen-bond acceptors (Lipinski definition) is 6. The number of piperazine rings is 1. The van der Waals surface area contributed by atoms with E-state index >= 15 is 0 Å². The van der Waals surface area contributed by atoms with Gasteiger partial charge in [-0.3, -0.25) is 14.0 Å². The fourth-order valence-electron chi connectivity index (χ4n) is 3.20. The predicted molar refractivity (Wildman–Crippen MR) is 138 cm³/mol. The first kappa shape index (κ1) is 37.7. The lowest BCUT2D eigenvalue weighted by molar-refractivity contribution is -0.132. The summed E-state index contributed by atoms with van der Waals surface area (Å²) in [6, 6.07) is 1.27. The van der Waals surface area contributed by atoms with Crippen molar-refractivity contribution in [3.63, 3.8) is 0 Å². The van der Waals surface area contributed by atoms with E-state index in [-0.39, 0.29) is 50.6 Å². The van der Waals surface area contributed by atoms with Crippen LogP contribution in [0.3, 0.4) is 0 Å². The Morgan fingerprint density at radius 1 is 1.21 bits per heavy atom. The standard InChI is InChI=1S/C22H31F3N6O2.C2H4F2.CH3F/c1-15(23)11-18(25)17(24)6-4-5-16(27)12-22(33)31-10-9-30(3)20(14-31)19(28-2)13-21(32)29-8-7-26;1-2(3)4;1-2/h6,11,16,28H,1,4-5,8-10,12-14,27H2,2-3H3,(H,29,32);2H,1H3;1H3/b17-6+,18-11+,20-19-;;. The van der Waals surface area contributed by atoms with Gasteiger partial charge in [0.15, 0.2) is 11.7 Å². The number of rotatable bonds is 11. The van der Waals surface area contributed by atoms with Gasteiger partial charge < -0.3 is 26.2 Å². The number of halogens is 6. The zero-order valence-electron chi connectivity index (χ0n) is 22.7. The summed E-state index contributed by atoms with van der Waals surface area (Å²) >= 11 is 0. The lowest BCUT2D eigenvalue weighted by Gasteiger charge is -2.37. The lowest BCUT2D eigenvalue weighted by Crippen LogP contribution is -2.48. The summed E-state index contributed by atoms with van der Waals surface area (Å²) in [5.74, 6) is -4.16. The first-order valence-electron chi connectivity index (χ1n) is 11.8. The Bertz CT molecular complexity index is 914. The quantitative estimate of drug-likeness (QED) is 0.199. The molecular formula is C25H38F6N6O2. The third-order valence-corrected chi connectivity index (χ3v) is 5.02. The maximum atomic E-state index is 13.5. The Hall–Kier alpha value is -3.47. The molecule has 4 N–H and O–H groups in total. The molecule has 0 aromatic carbocycles. The minimum absolute atomic E-state index is 0.0175. The predicted octanol–water partition coefficient (Wildman–Crippen LogP) is 3.77. The molecule has 1 atom stereocenters. The van der Waals surface area contributed by atoms with Crippen LogP contribution in [0.5, 0.6) is 0 Å². The first-order chi connectivity index (χ1) is 18.3. The van der Waals surface area contributed by atoms with Crippen molar-refractivity contribution in [3.05, 3.63) is 47.6 Å². The maximum Gasteiger partial charge on any atom is 0.235 e. The summed E-state index contributed by atoms with van der Waals surface area (Å²) in [4.78, 5) is 28.3. The summed E-state index contributed by atoms with van der Waals surface area (Å²) < 4.78 is 69.5. The van der Waals surface area contributed by atoms with E-state index in [4.69, 9.17) is 11.0 Å². The number of likely N-dealkylation sites (N-methyl/N-ethyl adjacent to an activating group) is 1. The highest BCUT2D eigenvalue weighted by Crippen LogP contribution is 2.19. The van der Waals surface area contributed by atoms with Gasteiger partial charge in [0.05, 0.1) is 31.9 Å². The van der Waals surface area contributed by atoms with E-state index < -0.39 is 29.9 Å². The molecule has 0 aromatic heterocycles. The topological polar surface area (TPSA) is 114 Å². The number of allylic oxidation sites excluding steroid dienone is 5. The molecule has 1 heterocycles. The number of alkyl halides is 3. The zero-order valence-corrected chi connectivity index (χ0v) is 22.7. The molecule has 39 heavy (non-hydrogen) atoms. The van der Waals surface area contributed by atoms with Gasteiger partial charge in [0.25, 0.3) is 0 Å². The SMILES string of the molecule is C=C(F)/C=C(F)\C(F)=C/CCC(N)CC(=O)N1CCN(C)/C(=C(/CC(=O)NCC#N)NC)C1.CC(F)F.CF. The van der Waals surface area contributed by atoms with Crippen molar-refractivity contribution < 1.29 is 35.9 Å². The highest BCUT2D eigenvalue weighted by molar-refractivity contribution is 5.79. The molecule has 0 saturated carbocycles. The maximum absolute atomic E-state index is 13.5. The second-order valence-corrected chi connectivity index (χ2v) is 8.08. The molecular weight excluding hydrogens is 530 g/mol. The monoisotopic (exact) mass is 568 g/mol. The van der Waals surface area contributed by atoms with Crippen molar-refractivity contribution in [2.75, 3.05) is 47.5 Å². The van der Waals surface area contributed by atoms with Gasteiger partial charge >= 0.3 is 0 Å². The van der Waals surface area contributed by atoms with Crippen molar-refractivity contribution in [2.24, 2.45) is 5.73 Å². The fraction of sp³-hybridized carbons (Fsp3) is 0.560. The molecule has 1 aliphatic rings. The van der Waals surface area contributed by atoms with Crippen LogP contribution < -0.4 is 16.4 Å². The van der Waals surface area contributed by atoms with Gasteiger partial charge in [-0.05, 0) is 25.8 Å². The third kappa shape index (κ3) is 17.6. The number of carbonyl (C=O) groups is 2. The molecule has 1 fully saturated rings. The van der Waals surface area contributed by atoms with Crippen LogP contribution in [0.1, 0.15) is 32.6 Å². The summed E-state index contributed by atoms with van der Waals surface area (Å²) in [5, 5.41) is 14.1. The van der Waals surface area contributed by atoms with Crippen molar-refractivity contribution in [2.45, 2.75) is 45.1 Å². The molecule has 0 spiro atoms. The summed E-state index contributed by atoms with van der Waals surface area (Å²) in [6.07, 6.45) is -0.495. The Morgan fingerprint density at radius 2 is 1.79 bits per heavy atom. The highest BCUT2D eigenvalue weighted by Gasteiger charge is 2.26. The molecule has 1 rings (SSSR count). The van der Waals surface area contributed by atoms with Gasteiger partial charge in [-0.1, -0.05) is 6.58 Å². The van der Waals surface area contributed by atoms with E-state index in [1.807, 2.05) is 18.0 Å². The molecule has 2 amide bonds. The molecule has 0 radical (unpaired) electrons. The van der Waals surface area contributed by atoms with E-state index in [0.29, 0.717) is 32.0 Å². The molecule has 0 bridgehead atoms. The lowest BCUT2D eigenvalue weighted by atomic mass is 10.1.